The molecule has 0 atom stereocenters. The Kier molecular flexibility index (Phi) is 1.83. The van der Waals surface area contributed by atoms with Crippen molar-refractivity contribution in [2.45, 2.75) is 0 Å². The van der Waals surface area contributed by atoms with Gasteiger partial charge in [0, 0.05) is 11.1 Å². The van der Waals surface area contributed by atoms with Gasteiger partial charge in [0.2, 0.25) is 11.6 Å². The van der Waals surface area contributed by atoms with E-state index in [4.69, 9.17) is 34.2 Å². The second-order valence-corrected chi connectivity index (χ2v) is 4.18. The van der Waals surface area contributed by atoms with Crippen molar-refractivity contribution < 1.29 is 11.0 Å². The third-order valence-corrected chi connectivity index (χ3v) is 2.78. The van der Waals surface area contributed by atoms with Crippen LogP contribution in [-0.2, 0) is 0 Å². The molecule has 0 saturated carbocycles. The molecule has 4 nitrogen and oxygen atoms in total. The molecule has 6 heteroatoms. The van der Waals surface area contributed by atoms with E-state index < -0.39 is 48.3 Å². The SMILES string of the molecule is [2H]c1c([2H])c([2H])c(-c2nnc(-c3c([2H])c([2H])c([2H])c([2H])c3Cl)nn2)c(Cl)c1[2H]. The normalized spacial score (nSPS) is 16.1. The molecule has 20 heavy (non-hydrogen) atoms. The number of hydrogen-bond donors (Lipinski definition) is 0. The highest BCUT2D eigenvalue weighted by atomic mass is 35.5. The molecule has 0 bridgehead atoms. The maximum Gasteiger partial charge on any atom is 0.205 e. The Morgan fingerprint density at radius 1 is 0.650 bits per heavy atom. The highest BCUT2D eigenvalue weighted by molar-refractivity contribution is 6.33. The van der Waals surface area contributed by atoms with Crippen molar-refractivity contribution in [2.24, 2.45) is 0 Å². The first-order chi connectivity index (χ1) is 13.1. The molecule has 0 N–H and O–H groups in total. The van der Waals surface area contributed by atoms with Gasteiger partial charge in [-0.3, -0.25) is 0 Å². The lowest BCUT2D eigenvalue weighted by atomic mass is 10.2. The summed E-state index contributed by atoms with van der Waals surface area (Å²) in [6.45, 7) is 0. The highest BCUT2D eigenvalue weighted by Crippen LogP contribution is 2.26. The van der Waals surface area contributed by atoms with E-state index in [1.165, 1.54) is 0 Å². The number of halogens is 2. The molecule has 0 radical (unpaired) electrons. The first-order valence-corrected chi connectivity index (χ1v) is 5.93. The quantitative estimate of drug-likeness (QED) is 0.720. The lowest BCUT2D eigenvalue weighted by Gasteiger charge is -2.03. The second kappa shape index (κ2) is 5.53. The zero-order valence-corrected chi connectivity index (χ0v) is 11.1. The van der Waals surface area contributed by atoms with Crippen LogP contribution in [0.5, 0.6) is 0 Å². The minimum atomic E-state index is -0.530. The van der Waals surface area contributed by atoms with Crippen molar-refractivity contribution >= 4 is 23.2 Å². The first-order valence-electron chi connectivity index (χ1n) is 9.17. The zero-order valence-electron chi connectivity index (χ0n) is 17.5. The van der Waals surface area contributed by atoms with E-state index in [0.717, 1.165) is 0 Å². The fourth-order valence-corrected chi connectivity index (χ4v) is 1.69. The van der Waals surface area contributed by atoms with Gasteiger partial charge >= 0.3 is 0 Å². The third-order valence-electron chi connectivity index (χ3n) is 2.21. The van der Waals surface area contributed by atoms with E-state index in [2.05, 4.69) is 20.4 Å². The Bertz CT molecular complexity index is 977. The van der Waals surface area contributed by atoms with Gasteiger partial charge in [-0.2, -0.15) is 0 Å². The van der Waals surface area contributed by atoms with Crippen LogP contribution in [-0.4, -0.2) is 20.4 Å². The van der Waals surface area contributed by atoms with Crippen molar-refractivity contribution in [1.29, 1.82) is 0 Å². The van der Waals surface area contributed by atoms with Gasteiger partial charge in [0.25, 0.3) is 0 Å². The zero-order chi connectivity index (χ0) is 20.9. The smallest absolute Gasteiger partial charge is 0.126 e. The van der Waals surface area contributed by atoms with E-state index in [1.54, 1.807) is 0 Å². The van der Waals surface area contributed by atoms with Gasteiger partial charge in [-0.05, 0) is 24.2 Å². The van der Waals surface area contributed by atoms with Gasteiger partial charge in [0.15, 0.2) is 0 Å². The summed E-state index contributed by atoms with van der Waals surface area (Å²) < 4.78 is 62.0. The van der Waals surface area contributed by atoms with E-state index in [0.29, 0.717) is 0 Å². The molecule has 0 saturated heterocycles. The predicted octanol–water partition coefficient (Wildman–Crippen LogP) is 3.91. The average Bonchev–Trinajstić information content (AvgIpc) is 2.69. The van der Waals surface area contributed by atoms with Crippen molar-refractivity contribution in [3.05, 3.63) is 58.4 Å². The van der Waals surface area contributed by atoms with Crippen molar-refractivity contribution in [2.75, 3.05) is 0 Å². The van der Waals surface area contributed by atoms with Crippen molar-refractivity contribution in [3.8, 4) is 22.8 Å². The molecule has 3 aromatic rings. The fourth-order valence-electron chi connectivity index (χ4n) is 1.33. The lowest BCUT2D eigenvalue weighted by Crippen LogP contribution is -1.99. The van der Waals surface area contributed by atoms with Crippen molar-refractivity contribution in [1.82, 2.24) is 20.4 Å². The number of rotatable bonds is 2. The van der Waals surface area contributed by atoms with Gasteiger partial charge in [0.05, 0.1) is 21.0 Å². The molecule has 0 spiro atoms. The van der Waals surface area contributed by atoms with E-state index >= 15 is 0 Å². The van der Waals surface area contributed by atoms with Gasteiger partial charge in [-0.1, -0.05) is 47.4 Å². The van der Waals surface area contributed by atoms with Crippen LogP contribution < -0.4 is 0 Å². The molecule has 0 aliphatic heterocycles. The maximum atomic E-state index is 7.94. The van der Waals surface area contributed by atoms with Crippen LogP contribution in [0.4, 0.5) is 0 Å². The number of aromatic nitrogens is 4. The molecule has 98 valence electrons. The highest BCUT2D eigenvalue weighted by Gasteiger charge is 2.10. The van der Waals surface area contributed by atoms with E-state index in [-0.39, 0.29) is 32.8 Å². The molecule has 0 aliphatic carbocycles. The summed E-state index contributed by atoms with van der Waals surface area (Å²) in [4.78, 5) is 0. The summed E-state index contributed by atoms with van der Waals surface area (Å²) in [5.74, 6) is -0.560. The van der Waals surface area contributed by atoms with Crippen LogP contribution >= 0.6 is 23.2 Å². The monoisotopic (exact) mass is 310 g/mol. The largest absolute Gasteiger partial charge is 0.205 e. The van der Waals surface area contributed by atoms with Crippen molar-refractivity contribution in [3.63, 3.8) is 0 Å². The van der Waals surface area contributed by atoms with Crippen LogP contribution in [0.2, 0.25) is 10.0 Å². The molecule has 0 unspecified atom stereocenters. The summed E-state index contributed by atoms with van der Waals surface area (Å²) in [7, 11) is 0. The predicted molar refractivity (Wildman–Crippen MR) is 78.5 cm³/mol. The Balaban J connectivity index is 2.18. The van der Waals surface area contributed by atoms with E-state index in [9.17, 15) is 0 Å². The van der Waals surface area contributed by atoms with Crippen LogP contribution in [0.1, 0.15) is 11.0 Å². The summed E-state index contributed by atoms with van der Waals surface area (Å²) in [6.07, 6.45) is 0. The Morgan fingerprint density at radius 2 is 1.00 bits per heavy atom. The topological polar surface area (TPSA) is 51.6 Å². The van der Waals surface area contributed by atoms with Crippen LogP contribution in [0.3, 0.4) is 0 Å². The summed E-state index contributed by atoms with van der Waals surface area (Å²) >= 11 is 12.0. The average molecular weight is 311 g/mol. The minimum absolute atomic E-state index is 0.194. The molecule has 0 aliphatic rings. The lowest BCUT2D eigenvalue weighted by molar-refractivity contribution is 0.876. The molecule has 1 aromatic heterocycles. The molecular weight excluding hydrogens is 295 g/mol. The summed E-state index contributed by atoms with van der Waals surface area (Å²) in [5.41, 5.74) is -0.388. The van der Waals surface area contributed by atoms with Gasteiger partial charge in [0.1, 0.15) is 0 Å². The van der Waals surface area contributed by atoms with Crippen LogP contribution in [0.25, 0.3) is 22.8 Å². The maximum absolute atomic E-state index is 7.94. The van der Waals surface area contributed by atoms with Crippen LogP contribution in [0.15, 0.2) is 48.3 Å². The standard InChI is InChI=1S/C14H8Cl2N4/c15-11-7-3-1-5-9(11)13-17-19-14(20-18-13)10-6-2-4-8-12(10)16/h1-8H/i1D,2D,3D,4D,5D,6D,7D,8D. The fraction of sp³-hybridized carbons (Fsp3) is 0. The molecular formula is C14H8Cl2N4. The molecule has 2 aromatic carbocycles. The number of nitrogens with zero attached hydrogens (tertiary/aromatic N) is 4. The van der Waals surface area contributed by atoms with Gasteiger partial charge in [-0.25, -0.2) is 0 Å². The number of benzene rings is 2. The first kappa shape index (κ1) is 6.61. The van der Waals surface area contributed by atoms with Gasteiger partial charge < -0.3 is 0 Å². The van der Waals surface area contributed by atoms with Gasteiger partial charge in [-0.15, -0.1) is 20.4 Å². The Labute approximate surface area is 136 Å². The van der Waals surface area contributed by atoms with Crippen LogP contribution in [0, 0.1) is 0 Å². The molecule has 1 heterocycles. The summed E-state index contributed by atoms with van der Waals surface area (Å²) in [5, 5.41) is 14.4. The Hall–Kier alpha value is -2.04. The molecule has 0 fully saturated rings. The minimum Gasteiger partial charge on any atom is -0.126 e. The molecule has 3 rings (SSSR count). The summed E-state index contributed by atoms with van der Waals surface area (Å²) in [6, 6.07) is -3.96. The Morgan fingerprint density at radius 3 is 1.40 bits per heavy atom. The molecule has 0 amide bonds. The second-order valence-electron chi connectivity index (χ2n) is 3.43. The number of hydrogen-bond acceptors (Lipinski definition) is 4. The van der Waals surface area contributed by atoms with E-state index in [1.807, 2.05) is 0 Å². The third kappa shape index (κ3) is 2.48.